The molecule has 4 nitrogen and oxygen atoms in total. The van der Waals surface area contributed by atoms with Gasteiger partial charge in [-0.1, -0.05) is 0 Å². The van der Waals surface area contributed by atoms with E-state index in [9.17, 15) is 0 Å². The van der Waals surface area contributed by atoms with E-state index in [4.69, 9.17) is 10.5 Å². The first-order chi connectivity index (χ1) is 6.81. The zero-order valence-corrected chi connectivity index (χ0v) is 8.98. The van der Waals surface area contributed by atoms with Crippen molar-refractivity contribution in [2.75, 3.05) is 46.4 Å². The third kappa shape index (κ3) is 2.08. The molecule has 14 heavy (non-hydrogen) atoms. The fourth-order valence-corrected chi connectivity index (χ4v) is 2.50. The Morgan fingerprint density at radius 2 is 2.29 bits per heavy atom. The van der Waals surface area contributed by atoms with Gasteiger partial charge in [0.25, 0.3) is 0 Å². The molecule has 4 heteroatoms. The van der Waals surface area contributed by atoms with Gasteiger partial charge in [0.15, 0.2) is 0 Å². The fourth-order valence-electron chi connectivity index (χ4n) is 2.50. The normalized spacial score (nSPS) is 36.4. The van der Waals surface area contributed by atoms with Gasteiger partial charge >= 0.3 is 0 Å². The van der Waals surface area contributed by atoms with Crippen LogP contribution in [0.5, 0.6) is 0 Å². The molecule has 0 aromatic rings. The van der Waals surface area contributed by atoms with E-state index in [1.807, 2.05) is 0 Å². The van der Waals surface area contributed by atoms with E-state index >= 15 is 0 Å². The van der Waals surface area contributed by atoms with E-state index in [0.29, 0.717) is 12.1 Å². The van der Waals surface area contributed by atoms with E-state index in [0.717, 1.165) is 39.4 Å². The van der Waals surface area contributed by atoms with Crippen LogP contribution in [0.3, 0.4) is 0 Å². The Morgan fingerprint density at radius 1 is 1.43 bits per heavy atom. The highest BCUT2D eigenvalue weighted by molar-refractivity contribution is 4.87. The molecular weight excluding hydrogens is 178 g/mol. The van der Waals surface area contributed by atoms with E-state index in [1.54, 1.807) is 0 Å². The SMILES string of the molecule is CN1CCN(C2CCOC2)C(CN)C1. The number of nitrogens with zero attached hydrogens (tertiary/aromatic N) is 2. The minimum atomic E-state index is 0.528. The van der Waals surface area contributed by atoms with Gasteiger partial charge in [-0.15, -0.1) is 0 Å². The molecule has 2 N–H and O–H groups in total. The predicted molar refractivity (Wildman–Crippen MR) is 56.3 cm³/mol. The maximum absolute atomic E-state index is 5.81. The lowest BCUT2D eigenvalue weighted by Crippen LogP contribution is -2.58. The summed E-state index contributed by atoms with van der Waals surface area (Å²) in [4.78, 5) is 4.91. The summed E-state index contributed by atoms with van der Waals surface area (Å²) in [6.07, 6.45) is 1.18. The van der Waals surface area contributed by atoms with Crippen molar-refractivity contribution in [2.45, 2.75) is 18.5 Å². The number of nitrogens with two attached hydrogens (primary N) is 1. The van der Waals surface area contributed by atoms with Crippen LogP contribution in [0, 0.1) is 0 Å². The van der Waals surface area contributed by atoms with Gasteiger partial charge in [-0.05, 0) is 13.5 Å². The molecule has 2 rings (SSSR count). The molecule has 2 aliphatic heterocycles. The van der Waals surface area contributed by atoms with Crippen LogP contribution in [-0.2, 0) is 4.74 Å². The zero-order chi connectivity index (χ0) is 9.97. The van der Waals surface area contributed by atoms with Crippen molar-refractivity contribution >= 4 is 0 Å². The van der Waals surface area contributed by atoms with Gasteiger partial charge in [0.05, 0.1) is 6.61 Å². The van der Waals surface area contributed by atoms with Gasteiger partial charge in [0.2, 0.25) is 0 Å². The molecule has 0 spiro atoms. The van der Waals surface area contributed by atoms with Gasteiger partial charge in [-0.3, -0.25) is 4.90 Å². The van der Waals surface area contributed by atoms with Crippen LogP contribution in [0.1, 0.15) is 6.42 Å². The molecular formula is C10H21N3O. The zero-order valence-electron chi connectivity index (χ0n) is 8.98. The second-order valence-electron chi connectivity index (χ2n) is 4.41. The molecule has 82 valence electrons. The predicted octanol–water partition coefficient (Wildman–Crippen LogP) is -0.650. The molecule has 0 aliphatic carbocycles. The molecule has 2 heterocycles. The standard InChI is InChI=1S/C10H21N3O/c1-12-3-4-13(10(6-11)7-12)9-2-5-14-8-9/h9-10H,2-8,11H2,1H3. The topological polar surface area (TPSA) is 41.7 Å². The van der Waals surface area contributed by atoms with Crippen LogP contribution in [0.2, 0.25) is 0 Å². The average Bonchev–Trinajstić information content (AvgIpc) is 2.70. The lowest BCUT2D eigenvalue weighted by molar-refractivity contribution is 0.0493. The Kier molecular flexibility index (Phi) is 3.38. The van der Waals surface area contributed by atoms with Gasteiger partial charge < -0.3 is 15.4 Å². The third-order valence-electron chi connectivity index (χ3n) is 3.38. The highest BCUT2D eigenvalue weighted by Crippen LogP contribution is 2.18. The van der Waals surface area contributed by atoms with Gasteiger partial charge in [0, 0.05) is 44.9 Å². The Balaban J connectivity index is 1.94. The van der Waals surface area contributed by atoms with Crippen molar-refractivity contribution in [1.29, 1.82) is 0 Å². The largest absolute Gasteiger partial charge is 0.380 e. The molecule has 0 amide bonds. The molecule has 2 unspecified atom stereocenters. The van der Waals surface area contributed by atoms with Crippen molar-refractivity contribution in [2.24, 2.45) is 5.73 Å². The first-order valence-corrected chi connectivity index (χ1v) is 5.53. The fraction of sp³-hybridized carbons (Fsp3) is 1.00. The first kappa shape index (κ1) is 10.4. The van der Waals surface area contributed by atoms with E-state index in [2.05, 4.69) is 16.8 Å². The Morgan fingerprint density at radius 3 is 2.93 bits per heavy atom. The van der Waals surface area contributed by atoms with E-state index in [1.165, 1.54) is 6.42 Å². The quantitative estimate of drug-likeness (QED) is 0.642. The number of piperazine rings is 1. The van der Waals surface area contributed by atoms with E-state index < -0.39 is 0 Å². The van der Waals surface area contributed by atoms with Crippen LogP contribution >= 0.6 is 0 Å². The summed E-state index contributed by atoms with van der Waals surface area (Å²) in [6, 6.07) is 1.15. The summed E-state index contributed by atoms with van der Waals surface area (Å²) in [5, 5.41) is 0. The lowest BCUT2D eigenvalue weighted by Gasteiger charge is -2.42. The maximum Gasteiger partial charge on any atom is 0.0622 e. The van der Waals surface area contributed by atoms with Crippen LogP contribution < -0.4 is 5.73 Å². The first-order valence-electron chi connectivity index (χ1n) is 5.53. The number of hydrogen-bond donors (Lipinski definition) is 1. The molecule has 0 radical (unpaired) electrons. The van der Waals surface area contributed by atoms with Crippen molar-refractivity contribution in [3.8, 4) is 0 Å². The molecule has 2 fully saturated rings. The summed E-state index contributed by atoms with van der Waals surface area (Å²) in [5.41, 5.74) is 5.81. The molecule has 2 saturated heterocycles. The number of hydrogen-bond acceptors (Lipinski definition) is 4. The summed E-state index contributed by atoms with van der Waals surface area (Å²) in [6.45, 7) is 6.00. The molecule has 2 aliphatic rings. The molecule has 0 aromatic heterocycles. The number of rotatable bonds is 2. The molecule has 2 atom stereocenters. The monoisotopic (exact) mass is 199 g/mol. The summed E-state index contributed by atoms with van der Waals surface area (Å²) < 4.78 is 5.43. The molecule has 0 saturated carbocycles. The summed E-state index contributed by atoms with van der Waals surface area (Å²) >= 11 is 0. The van der Waals surface area contributed by atoms with Crippen molar-refractivity contribution in [3.05, 3.63) is 0 Å². The minimum absolute atomic E-state index is 0.528. The lowest BCUT2D eigenvalue weighted by atomic mass is 10.1. The second kappa shape index (κ2) is 4.57. The van der Waals surface area contributed by atoms with Crippen LogP contribution in [0.15, 0.2) is 0 Å². The maximum atomic E-state index is 5.81. The van der Waals surface area contributed by atoms with E-state index in [-0.39, 0.29) is 0 Å². The number of likely N-dealkylation sites (N-methyl/N-ethyl adjacent to an activating group) is 1. The highest BCUT2D eigenvalue weighted by Gasteiger charge is 2.31. The number of ether oxygens (including phenoxy) is 1. The third-order valence-corrected chi connectivity index (χ3v) is 3.38. The van der Waals surface area contributed by atoms with Crippen molar-refractivity contribution in [3.63, 3.8) is 0 Å². The van der Waals surface area contributed by atoms with Crippen LogP contribution in [-0.4, -0.2) is 68.3 Å². The Bertz CT molecular complexity index is 182. The van der Waals surface area contributed by atoms with Crippen LogP contribution in [0.4, 0.5) is 0 Å². The summed E-state index contributed by atoms with van der Waals surface area (Å²) in [5.74, 6) is 0. The van der Waals surface area contributed by atoms with Gasteiger partial charge in [-0.2, -0.15) is 0 Å². The van der Waals surface area contributed by atoms with Crippen molar-refractivity contribution in [1.82, 2.24) is 9.80 Å². The second-order valence-corrected chi connectivity index (χ2v) is 4.41. The Hall–Kier alpha value is -0.160. The van der Waals surface area contributed by atoms with Gasteiger partial charge in [0.1, 0.15) is 0 Å². The minimum Gasteiger partial charge on any atom is -0.380 e. The molecule has 0 aromatic carbocycles. The summed E-state index contributed by atoms with van der Waals surface area (Å²) in [7, 11) is 2.17. The average molecular weight is 199 g/mol. The molecule has 0 bridgehead atoms. The highest BCUT2D eigenvalue weighted by atomic mass is 16.5. The Labute approximate surface area is 86.0 Å². The van der Waals surface area contributed by atoms with Crippen molar-refractivity contribution < 1.29 is 4.74 Å². The van der Waals surface area contributed by atoms with Gasteiger partial charge in [-0.25, -0.2) is 0 Å². The smallest absolute Gasteiger partial charge is 0.0622 e. The van der Waals surface area contributed by atoms with Crippen LogP contribution in [0.25, 0.3) is 0 Å².